The Bertz CT molecular complexity index is 1350. The zero-order valence-corrected chi connectivity index (χ0v) is 21.3. The fraction of sp³-hybridized carbons (Fsp3) is 0.444. The van der Waals surface area contributed by atoms with E-state index in [0.717, 1.165) is 0 Å². The number of piperidine rings is 1. The molecule has 40 heavy (non-hydrogen) atoms. The van der Waals surface area contributed by atoms with E-state index in [1.54, 1.807) is 11.8 Å². The lowest BCUT2D eigenvalue weighted by Crippen LogP contribution is -2.43. The molecule has 0 bridgehead atoms. The van der Waals surface area contributed by atoms with E-state index in [2.05, 4.69) is 10.1 Å². The molecule has 2 aromatic carbocycles. The predicted molar refractivity (Wildman–Crippen MR) is 125 cm³/mol. The van der Waals surface area contributed by atoms with E-state index in [-0.39, 0.29) is 30.5 Å². The van der Waals surface area contributed by atoms with Gasteiger partial charge in [-0.15, -0.1) is 0 Å². The van der Waals surface area contributed by atoms with Gasteiger partial charge in [0.15, 0.2) is 5.82 Å². The van der Waals surface area contributed by atoms with Gasteiger partial charge in [-0.3, -0.25) is 4.79 Å². The number of alkyl halides is 6. The number of ether oxygens (including phenoxy) is 1. The van der Waals surface area contributed by atoms with Gasteiger partial charge in [0.25, 0.3) is 0 Å². The molecular weight excluding hydrogens is 547 g/mol. The maximum atomic E-state index is 13.7. The zero-order valence-electron chi connectivity index (χ0n) is 21.3. The predicted octanol–water partition coefficient (Wildman–Crippen LogP) is 6.57. The van der Waals surface area contributed by atoms with E-state index in [4.69, 9.17) is 9.26 Å². The lowest BCUT2D eigenvalue weighted by atomic mass is 9.81. The Labute approximate surface area is 224 Å². The molecule has 2 aliphatic heterocycles. The number of hydrogen-bond donors (Lipinski definition) is 0. The Morgan fingerprint density at radius 3 is 2.20 bits per heavy atom. The quantitative estimate of drug-likeness (QED) is 0.324. The molecule has 2 saturated heterocycles. The summed E-state index contributed by atoms with van der Waals surface area (Å²) >= 11 is 0. The molecule has 1 aromatic heterocycles. The molecule has 6 nitrogen and oxygen atoms in total. The maximum absolute atomic E-state index is 13.7. The van der Waals surface area contributed by atoms with E-state index < -0.39 is 59.4 Å². The van der Waals surface area contributed by atoms with Crippen LogP contribution in [0.15, 0.2) is 47.0 Å². The van der Waals surface area contributed by atoms with Crippen molar-refractivity contribution in [2.24, 2.45) is 0 Å². The number of halogens is 7. The summed E-state index contributed by atoms with van der Waals surface area (Å²) in [7, 11) is 0. The van der Waals surface area contributed by atoms with Crippen molar-refractivity contribution >= 4 is 5.91 Å². The van der Waals surface area contributed by atoms with E-state index in [1.165, 1.54) is 31.2 Å². The molecule has 2 fully saturated rings. The Balaban J connectivity index is 1.48. The number of hydrogen-bond acceptors (Lipinski definition) is 5. The normalized spacial score (nSPS) is 24.3. The second kappa shape index (κ2) is 10.2. The highest BCUT2D eigenvalue weighted by atomic mass is 19.4. The van der Waals surface area contributed by atoms with Gasteiger partial charge in [-0.25, -0.2) is 4.39 Å². The summed E-state index contributed by atoms with van der Waals surface area (Å²) in [6, 6.07) is 6.40. The summed E-state index contributed by atoms with van der Waals surface area (Å²) in [5, 5.41) is 3.79. The second-order valence-corrected chi connectivity index (χ2v) is 10.2. The van der Waals surface area contributed by atoms with Crippen LogP contribution in [0, 0.1) is 12.7 Å². The average molecular weight is 571 g/mol. The summed E-state index contributed by atoms with van der Waals surface area (Å²) in [5.41, 5.74) is -2.59. The van der Waals surface area contributed by atoms with Crippen LogP contribution in [-0.2, 0) is 21.9 Å². The van der Waals surface area contributed by atoms with Gasteiger partial charge in [0.2, 0.25) is 11.8 Å². The second-order valence-electron chi connectivity index (χ2n) is 10.2. The van der Waals surface area contributed by atoms with Crippen LogP contribution in [0.4, 0.5) is 30.7 Å². The molecule has 0 N–H and O–H groups in total. The average Bonchev–Trinajstić information content (AvgIpc) is 3.47. The molecule has 0 radical (unpaired) electrons. The van der Waals surface area contributed by atoms with Crippen LogP contribution < -0.4 is 0 Å². The van der Waals surface area contributed by atoms with Crippen molar-refractivity contribution in [1.29, 1.82) is 0 Å². The molecule has 0 spiro atoms. The molecule has 13 heteroatoms. The molecule has 3 aromatic rings. The minimum absolute atomic E-state index is 0.0521. The molecule has 0 saturated carbocycles. The largest absolute Gasteiger partial charge is 0.416 e. The van der Waals surface area contributed by atoms with Crippen molar-refractivity contribution in [1.82, 2.24) is 15.0 Å². The van der Waals surface area contributed by atoms with E-state index in [9.17, 15) is 35.5 Å². The number of benzene rings is 2. The smallest absolute Gasteiger partial charge is 0.368 e. The maximum Gasteiger partial charge on any atom is 0.416 e. The SMILES string of the molecule is Cc1noc(C2CC(=O)N3C[C@H](OC(C)c4cc(C(F)(F)F)cc(C(F)(F)F)c4)C(c4ccc(F)cc4)C3C2)n1. The first-order valence-corrected chi connectivity index (χ1v) is 12.5. The van der Waals surface area contributed by atoms with Crippen molar-refractivity contribution in [3.63, 3.8) is 0 Å². The Morgan fingerprint density at radius 2 is 1.65 bits per heavy atom. The molecular formula is C27H24F7N3O3. The fourth-order valence-electron chi connectivity index (χ4n) is 5.62. The number of rotatable bonds is 5. The van der Waals surface area contributed by atoms with Gasteiger partial charge in [-0.05, 0) is 61.7 Å². The van der Waals surface area contributed by atoms with Crippen molar-refractivity contribution in [2.45, 2.75) is 69.1 Å². The Kier molecular flexibility index (Phi) is 7.13. The molecule has 3 heterocycles. The van der Waals surface area contributed by atoms with E-state index >= 15 is 0 Å². The Hall–Kier alpha value is -3.48. The lowest BCUT2D eigenvalue weighted by molar-refractivity contribution is -0.143. The third-order valence-corrected chi connectivity index (χ3v) is 7.47. The van der Waals surface area contributed by atoms with Gasteiger partial charge < -0.3 is 14.2 Å². The highest BCUT2D eigenvalue weighted by molar-refractivity contribution is 5.79. The van der Waals surface area contributed by atoms with Crippen LogP contribution in [-0.4, -0.2) is 39.6 Å². The van der Waals surface area contributed by atoms with Gasteiger partial charge in [-0.2, -0.15) is 31.3 Å². The first-order chi connectivity index (χ1) is 18.7. The first kappa shape index (κ1) is 28.1. The standard InChI is InChI=1S/C27H24F7N3O3/c1-13(16-7-18(26(29,30)31)11-19(8-16)27(32,33)34)39-22-12-37-21(24(22)15-3-5-20(28)6-4-15)9-17(10-23(37)38)25-35-14(2)36-40-25/h3-8,11,13,17,21-22,24H,9-10,12H2,1-2H3/t13?,17?,21?,22-,24?/m0/s1. The fourth-order valence-corrected chi connectivity index (χ4v) is 5.62. The monoisotopic (exact) mass is 571 g/mol. The van der Waals surface area contributed by atoms with Gasteiger partial charge in [0, 0.05) is 30.8 Å². The van der Waals surface area contributed by atoms with Crippen LogP contribution in [0.25, 0.3) is 0 Å². The minimum atomic E-state index is -5.01. The third-order valence-electron chi connectivity index (χ3n) is 7.47. The van der Waals surface area contributed by atoms with Gasteiger partial charge in [0.05, 0.1) is 23.3 Å². The van der Waals surface area contributed by atoms with Gasteiger partial charge in [0.1, 0.15) is 5.82 Å². The van der Waals surface area contributed by atoms with Crippen LogP contribution in [0.1, 0.15) is 71.7 Å². The van der Waals surface area contributed by atoms with Crippen molar-refractivity contribution in [3.05, 3.63) is 82.3 Å². The number of nitrogens with zero attached hydrogens (tertiary/aromatic N) is 3. The summed E-state index contributed by atoms with van der Waals surface area (Å²) in [6.45, 7) is 3.06. The van der Waals surface area contributed by atoms with E-state index in [1.807, 2.05) is 0 Å². The number of fused-ring (bicyclic) bond motifs is 1. The van der Waals surface area contributed by atoms with Crippen molar-refractivity contribution in [2.75, 3.05) is 6.54 Å². The highest BCUT2D eigenvalue weighted by Crippen LogP contribution is 2.46. The van der Waals surface area contributed by atoms with Crippen molar-refractivity contribution in [3.8, 4) is 0 Å². The third kappa shape index (κ3) is 5.56. The molecule has 5 atom stereocenters. The van der Waals surface area contributed by atoms with Crippen LogP contribution >= 0.6 is 0 Å². The molecule has 214 valence electrons. The summed E-state index contributed by atoms with van der Waals surface area (Å²) in [4.78, 5) is 19.0. The Morgan fingerprint density at radius 1 is 1.02 bits per heavy atom. The molecule has 2 aliphatic rings. The lowest BCUT2D eigenvalue weighted by Gasteiger charge is -2.35. The summed E-state index contributed by atoms with van der Waals surface area (Å²) in [6.07, 6.45) is -11.5. The topological polar surface area (TPSA) is 68.5 Å². The summed E-state index contributed by atoms with van der Waals surface area (Å²) in [5.74, 6) is -0.975. The van der Waals surface area contributed by atoms with Crippen LogP contribution in [0.3, 0.4) is 0 Å². The molecule has 0 aliphatic carbocycles. The number of aryl methyl sites for hydroxylation is 1. The van der Waals surface area contributed by atoms with Crippen LogP contribution in [0.2, 0.25) is 0 Å². The molecule has 1 amide bonds. The minimum Gasteiger partial charge on any atom is -0.368 e. The van der Waals surface area contributed by atoms with Crippen molar-refractivity contribution < 1.29 is 44.8 Å². The number of carbonyl (C=O) groups excluding carboxylic acids is 1. The number of aromatic nitrogens is 2. The van der Waals surface area contributed by atoms with Gasteiger partial charge in [-0.1, -0.05) is 17.3 Å². The first-order valence-electron chi connectivity index (χ1n) is 12.5. The van der Waals surface area contributed by atoms with E-state index in [0.29, 0.717) is 35.8 Å². The van der Waals surface area contributed by atoms with Crippen LogP contribution in [0.5, 0.6) is 0 Å². The number of carbonyl (C=O) groups is 1. The zero-order chi connectivity index (χ0) is 29.0. The molecule has 5 rings (SSSR count). The highest BCUT2D eigenvalue weighted by Gasteiger charge is 2.50. The number of amides is 1. The summed E-state index contributed by atoms with van der Waals surface area (Å²) < 4.78 is 106. The van der Waals surface area contributed by atoms with Gasteiger partial charge >= 0.3 is 12.4 Å². The molecule has 4 unspecified atom stereocenters.